The molecular formula is C8H5F3O3. The maximum absolute atomic E-state index is 11.9. The second-order valence-corrected chi connectivity index (χ2v) is 2.50. The lowest BCUT2D eigenvalue weighted by Gasteiger charge is -2.07. The van der Waals surface area contributed by atoms with Gasteiger partial charge in [-0.25, -0.2) is 0 Å². The molecule has 0 saturated carbocycles. The lowest BCUT2D eigenvalue weighted by molar-refractivity contribution is -0.0886. The Kier molecular flexibility index (Phi) is 2.37. The zero-order valence-electron chi connectivity index (χ0n) is 6.67. The van der Waals surface area contributed by atoms with Crippen LogP contribution in [0.25, 0.3) is 0 Å². The molecule has 1 rings (SSSR count). The molecule has 0 bridgehead atoms. The number of alkyl halides is 3. The van der Waals surface area contributed by atoms with Gasteiger partial charge in [-0.15, -0.1) is 0 Å². The Morgan fingerprint density at radius 3 is 2.29 bits per heavy atom. The zero-order valence-corrected chi connectivity index (χ0v) is 6.67. The fourth-order valence-corrected chi connectivity index (χ4v) is 0.867. The first kappa shape index (κ1) is 10.4. The van der Waals surface area contributed by atoms with Crippen LogP contribution in [-0.2, 0) is 0 Å². The van der Waals surface area contributed by atoms with Crippen LogP contribution in [0.15, 0.2) is 18.2 Å². The van der Waals surface area contributed by atoms with Crippen molar-refractivity contribution in [2.24, 2.45) is 0 Å². The van der Waals surface area contributed by atoms with E-state index in [4.69, 9.17) is 10.2 Å². The van der Waals surface area contributed by atoms with Crippen LogP contribution in [0.4, 0.5) is 13.2 Å². The molecule has 0 aliphatic carbocycles. The smallest absolute Gasteiger partial charge is 0.455 e. The van der Waals surface area contributed by atoms with Crippen LogP contribution >= 0.6 is 0 Å². The Labute approximate surface area is 76.4 Å². The molecule has 0 radical (unpaired) electrons. The van der Waals surface area contributed by atoms with Crippen molar-refractivity contribution in [1.82, 2.24) is 0 Å². The van der Waals surface area contributed by atoms with E-state index in [-0.39, 0.29) is 0 Å². The summed E-state index contributed by atoms with van der Waals surface area (Å²) in [6, 6.07) is 2.79. The number of benzene rings is 1. The molecule has 2 N–H and O–H groups in total. The fraction of sp³-hybridized carbons (Fsp3) is 0.125. The van der Waals surface area contributed by atoms with Crippen LogP contribution in [0.3, 0.4) is 0 Å². The molecule has 0 atom stereocenters. The Morgan fingerprint density at radius 1 is 1.21 bits per heavy atom. The second kappa shape index (κ2) is 3.21. The van der Waals surface area contributed by atoms with Gasteiger partial charge in [0.2, 0.25) is 0 Å². The minimum absolute atomic E-state index is 0.764. The zero-order chi connectivity index (χ0) is 10.9. The van der Waals surface area contributed by atoms with E-state index in [1.165, 1.54) is 0 Å². The third-order valence-electron chi connectivity index (χ3n) is 1.52. The van der Waals surface area contributed by atoms with Crippen LogP contribution in [0.2, 0.25) is 0 Å². The fourth-order valence-electron chi connectivity index (χ4n) is 0.867. The molecule has 1 aromatic carbocycles. The predicted octanol–water partition coefficient (Wildman–Crippen LogP) is 1.84. The average molecular weight is 206 g/mol. The van der Waals surface area contributed by atoms with Crippen LogP contribution in [0.1, 0.15) is 10.4 Å². The van der Waals surface area contributed by atoms with Gasteiger partial charge in [-0.1, -0.05) is 6.07 Å². The third kappa shape index (κ3) is 1.78. The monoisotopic (exact) mass is 206 g/mol. The number of aromatic hydroxyl groups is 2. The van der Waals surface area contributed by atoms with Crippen molar-refractivity contribution >= 4 is 5.78 Å². The van der Waals surface area contributed by atoms with Gasteiger partial charge in [0, 0.05) is 0 Å². The quantitative estimate of drug-likeness (QED) is 0.544. The van der Waals surface area contributed by atoms with E-state index in [2.05, 4.69) is 0 Å². The number of halogens is 3. The van der Waals surface area contributed by atoms with Crippen molar-refractivity contribution < 1.29 is 28.2 Å². The summed E-state index contributed by atoms with van der Waals surface area (Å²) in [6.07, 6.45) is -5.06. The molecule has 0 amide bonds. The van der Waals surface area contributed by atoms with Gasteiger partial charge >= 0.3 is 6.18 Å². The largest absolute Gasteiger partial charge is 0.504 e. The molecule has 0 fully saturated rings. The number of carbonyl (C=O) groups excluding carboxylic acids is 1. The Hall–Kier alpha value is -1.72. The minimum atomic E-state index is -5.06. The SMILES string of the molecule is O=C(c1cccc(O)c1O)C(F)(F)F. The predicted molar refractivity (Wildman–Crippen MR) is 40.2 cm³/mol. The van der Waals surface area contributed by atoms with Crippen LogP contribution in [-0.4, -0.2) is 22.2 Å². The molecule has 14 heavy (non-hydrogen) atoms. The molecule has 3 nitrogen and oxygen atoms in total. The van der Waals surface area contributed by atoms with Gasteiger partial charge in [0.1, 0.15) is 0 Å². The molecule has 0 aromatic heterocycles. The van der Waals surface area contributed by atoms with Gasteiger partial charge in [-0.2, -0.15) is 13.2 Å². The van der Waals surface area contributed by atoms with E-state index in [1.807, 2.05) is 0 Å². The van der Waals surface area contributed by atoms with Gasteiger partial charge in [0.15, 0.2) is 11.5 Å². The van der Waals surface area contributed by atoms with E-state index < -0.39 is 29.0 Å². The molecule has 0 aliphatic rings. The molecule has 1 aromatic rings. The summed E-state index contributed by atoms with van der Waals surface area (Å²) in [5.74, 6) is -4.01. The number of phenolic OH excluding ortho intramolecular Hbond substituents is 2. The number of para-hydroxylation sites is 1. The molecule has 0 heterocycles. The number of hydrogen-bond acceptors (Lipinski definition) is 3. The standard InChI is InChI=1S/C8H5F3O3/c9-8(10,11)7(14)4-2-1-3-5(12)6(4)13/h1-3,12-13H. The van der Waals surface area contributed by atoms with Crippen molar-refractivity contribution in [1.29, 1.82) is 0 Å². The highest BCUT2D eigenvalue weighted by atomic mass is 19.4. The Bertz CT molecular complexity index is 371. The molecule has 0 saturated heterocycles. The van der Waals surface area contributed by atoms with Crippen molar-refractivity contribution in [3.05, 3.63) is 23.8 Å². The van der Waals surface area contributed by atoms with E-state index in [1.54, 1.807) is 0 Å². The van der Waals surface area contributed by atoms with Crippen molar-refractivity contribution in [3.63, 3.8) is 0 Å². The van der Waals surface area contributed by atoms with Crippen molar-refractivity contribution in [2.75, 3.05) is 0 Å². The average Bonchev–Trinajstić information content (AvgIpc) is 2.07. The minimum Gasteiger partial charge on any atom is -0.504 e. The van der Waals surface area contributed by atoms with Gasteiger partial charge in [0.05, 0.1) is 5.56 Å². The highest BCUT2D eigenvalue weighted by Gasteiger charge is 2.40. The summed E-state index contributed by atoms with van der Waals surface area (Å²) in [6.45, 7) is 0. The first-order valence-electron chi connectivity index (χ1n) is 3.46. The molecule has 76 valence electrons. The number of carbonyl (C=O) groups is 1. The lowest BCUT2D eigenvalue weighted by Crippen LogP contribution is -2.22. The van der Waals surface area contributed by atoms with Crippen molar-refractivity contribution in [3.8, 4) is 11.5 Å². The van der Waals surface area contributed by atoms with Crippen LogP contribution in [0, 0.1) is 0 Å². The highest BCUT2D eigenvalue weighted by molar-refractivity contribution is 6.03. The Morgan fingerprint density at radius 2 is 1.79 bits per heavy atom. The Balaban J connectivity index is 3.21. The van der Waals surface area contributed by atoms with Gasteiger partial charge < -0.3 is 10.2 Å². The molecule has 0 spiro atoms. The van der Waals surface area contributed by atoms with Gasteiger partial charge in [-0.05, 0) is 12.1 Å². The molecule has 6 heteroatoms. The summed E-state index contributed by atoms with van der Waals surface area (Å²) in [7, 11) is 0. The number of rotatable bonds is 1. The molecule has 0 unspecified atom stereocenters. The summed E-state index contributed by atoms with van der Waals surface area (Å²) < 4.78 is 35.7. The van der Waals surface area contributed by atoms with Crippen LogP contribution in [0.5, 0.6) is 11.5 Å². The van der Waals surface area contributed by atoms with Gasteiger partial charge in [0.25, 0.3) is 5.78 Å². The van der Waals surface area contributed by atoms with E-state index in [0.29, 0.717) is 0 Å². The van der Waals surface area contributed by atoms with E-state index >= 15 is 0 Å². The number of phenols is 2. The summed E-state index contributed by atoms with van der Waals surface area (Å²) >= 11 is 0. The first-order chi connectivity index (χ1) is 6.34. The topological polar surface area (TPSA) is 57.5 Å². The molecular weight excluding hydrogens is 201 g/mol. The molecule has 0 aliphatic heterocycles. The number of hydrogen-bond donors (Lipinski definition) is 2. The van der Waals surface area contributed by atoms with Crippen molar-refractivity contribution in [2.45, 2.75) is 6.18 Å². The maximum Gasteiger partial charge on any atom is 0.455 e. The number of Topliss-reactive ketones (excluding diaryl/α,β-unsaturated/α-hetero) is 1. The maximum atomic E-state index is 11.9. The third-order valence-corrected chi connectivity index (χ3v) is 1.52. The number of ketones is 1. The summed E-state index contributed by atoms with van der Waals surface area (Å²) in [5.41, 5.74) is -0.961. The van der Waals surface area contributed by atoms with E-state index in [0.717, 1.165) is 18.2 Å². The second-order valence-electron chi connectivity index (χ2n) is 2.50. The highest BCUT2D eigenvalue weighted by Crippen LogP contribution is 2.32. The summed E-state index contributed by atoms with van der Waals surface area (Å²) in [4.78, 5) is 10.6. The first-order valence-corrected chi connectivity index (χ1v) is 3.46. The normalized spacial score (nSPS) is 11.4. The van der Waals surface area contributed by atoms with E-state index in [9.17, 15) is 18.0 Å². The van der Waals surface area contributed by atoms with Crippen LogP contribution < -0.4 is 0 Å². The lowest BCUT2D eigenvalue weighted by atomic mass is 10.1. The van der Waals surface area contributed by atoms with Gasteiger partial charge in [-0.3, -0.25) is 4.79 Å². The summed E-state index contributed by atoms with van der Waals surface area (Å²) in [5, 5.41) is 17.8.